The lowest BCUT2D eigenvalue weighted by molar-refractivity contribution is 0.0935. The maximum absolute atomic E-state index is 12.3. The summed E-state index contributed by atoms with van der Waals surface area (Å²) in [6, 6.07) is 15.2. The third-order valence-electron chi connectivity index (χ3n) is 3.10. The van der Waals surface area contributed by atoms with E-state index in [0.717, 1.165) is 16.5 Å². The van der Waals surface area contributed by atoms with Gasteiger partial charge in [-0.05, 0) is 30.2 Å². The lowest BCUT2D eigenvalue weighted by atomic mass is 10.0. The van der Waals surface area contributed by atoms with E-state index in [0.29, 0.717) is 11.3 Å². The van der Waals surface area contributed by atoms with Crippen LogP contribution in [0.4, 0.5) is 5.69 Å². The molecule has 0 aliphatic heterocycles. The molecule has 1 amide bonds. The van der Waals surface area contributed by atoms with Gasteiger partial charge in [0.1, 0.15) is 0 Å². The van der Waals surface area contributed by atoms with Crippen molar-refractivity contribution in [1.29, 1.82) is 0 Å². The summed E-state index contributed by atoms with van der Waals surface area (Å²) >= 11 is 3.35. The molecule has 0 fully saturated rings. The van der Waals surface area contributed by atoms with Crippen LogP contribution in [0.15, 0.2) is 53.0 Å². The number of nitrogens with two attached hydrogens (primary N) is 1. The fourth-order valence-electron chi connectivity index (χ4n) is 2.09. The number of nitrogens with one attached hydrogen (secondary N) is 1. The summed E-state index contributed by atoms with van der Waals surface area (Å²) in [6.07, 6.45) is 0.833. The molecule has 0 spiro atoms. The highest BCUT2D eigenvalue weighted by Crippen LogP contribution is 2.20. The molecule has 20 heavy (non-hydrogen) atoms. The zero-order valence-corrected chi connectivity index (χ0v) is 12.9. The maximum Gasteiger partial charge on any atom is 0.251 e. The van der Waals surface area contributed by atoms with Gasteiger partial charge >= 0.3 is 0 Å². The molecule has 2 aromatic carbocycles. The van der Waals surface area contributed by atoms with Crippen LogP contribution in [0.3, 0.4) is 0 Å². The van der Waals surface area contributed by atoms with Crippen molar-refractivity contribution in [2.75, 3.05) is 5.73 Å². The Morgan fingerprint density at radius 3 is 2.55 bits per heavy atom. The number of nitrogen functional groups attached to an aromatic ring is 1. The van der Waals surface area contributed by atoms with Gasteiger partial charge in [0.25, 0.3) is 5.91 Å². The van der Waals surface area contributed by atoms with Crippen LogP contribution < -0.4 is 11.1 Å². The summed E-state index contributed by atoms with van der Waals surface area (Å²) in [4.78, 5) is 12.3. The van der Waals surface area contributed by atoms with Gasteiger partial charge in [-0.15, -0.1) is 0 Å². The minimum atomic E-state index is -0.117. The van der Waals surface area contributed by atoms with E-state index in [-0.39, 0.29) is 11.9 Å². The smallest absolute Gasteiger partial charge is 0.251 e. The molecule has 4 heteroatoms. The lowest BCUT2D eigenvalue weighted by Gasteiger charge is -2.17. The summed E-state index contributed by atoms with van der Waals surface area (Å²) in [6.45, 7) is 2.05. The topological polar surface area (TPSA) is 55.1 Å². The van der Waals surface area contributed by atoms with Crippen molar-refractivity contribution >= 4 is 27.5 Å². The average Bonchev–Trinajstić information content (AvgIpc) is 2.44. The number of carbonyl (C=O) groups excluding carboxylic acids is 1. The first kappa shape index (κ1) is 14.6. The molecule has 0 aromatic heterocycles. The summed E-state index contributed by atoms with van der Waals surface area (Å²) in [5.74, 6) is -0.117. The van der Waals surface area contributed by atoms with Crippen molar-refractivity contribution in [3.8, 4) is 0 Å². The second-order valence-corrected chi connectivity index (χ2v) is 5.53. The molecule has 0 bridgehead atoms. The van der Waals surface area contributed by atoms with Crippen molar-refractivity contribution in [1.82, 2.24) is 5.32 Å². The molecule has 1 atom stereocenters. The van der Waals surface area contributed by atoms with Gasteiger partial charge in [0, 0.05) is 15.7 Å². The van der Waals surface area contributed by atoms with Crippen molar-refractivity contribution < 1.29 is 4.79 Å². The fourth-order valence-corrected chi connectivity index (χ4v) is 2.60. The van der Waals surface area contributed by atoms with E-state index in [1.54, 1.807) is 18.2 Å². The summed E-state index contributed by atoms with van der Waals surface area (Å²) in [5.41, 5.74) is 7.99. The number of hydrogen-bond donors (Lipinski definition) is 2. The summed E-state index contributed by atoms with van der Waals surface area (Å²) in [5, 5.41) is 3.04. The standard InChI is InChI=1S/C16H17BrN2O/c1-2-15(11-6-4-3-5-7-11)19-16(20)12-8-13(17)10-14(18)9-12/h3-10,15H,2,18H2,1H3,(H,19,20). The minimum absolute atomic E-state index is 0.00362. The Hall–Kier alpha value is -1.81. The van der Waals surface area contributed by atoms with E-state index in [2.05, 4.69) is 21.2 Å². The molecule has 0 aliphatic carbocycles. The Morgan fingerprint density at radius 1 is 1.25 bits per heavy atom. The first-order chi connectivity index (χ1) is 9.60. The predicted octanol–water partition coefficient (Wildman–Crippen LogP) is 3.91. The molecule has 0 saturated heterocycles. The summed E-state index contributed by atoms with van der Waals surface area (Å²) in [7, 11) is 0. The Bertz CT molecular complexity index is 578. The Kier molecular flexibility index (Phi) is 4.79. The van der Waals surface area contributed by atoms with Crippen molar-refractivity contribution in [2.45, 2.75) is 19.4 Å². The molecule has 0 radical (unpaired) electrons. The zero-order chi connectivity index (χ0) is 14.5. The molecular formula is C16H17BrN2O. The molecule has 0 saturated carbocycles. The van der Waals surface area contributed by atoms with Crippen LogP contribution >= 0.6 is 15.9 Å². The Morgan fingerprint density at radius 2 is 1.95 bits per heavy atom. The second kappa shape index (κ2) is 6.57. The first-order valence-electron chi connectivity index (χ1n) is 6.52. The highest BCUT2D eigenvalue weighted by Gasteiger charge is 2.14. The van der Waals surface area contributed by atoms with Crippen molar-refractivity contribution in [2.24, 2.45) is 0 Å². The van der Waals surface area contributed by atoms with Crippen molar-refractivity contribution in [3.63, 3.8) is 0 Å². The number of amides is 1. The molecule has 0 aliphatic rings. The molecular weight excluding hydrogens is 316 g/mol. The Balaban J connectivity index is 2.17. The van der Waals surface area contributed by atoms with Crippen LogP contribution in [-0.4, -0.2) is 5.91 Å². The van der Waals surface area contributed by atoms with Gasteiger partial charge in [-0.25, -0.2) is 0 Å². The molecule has 2 rings (SSSR count). The fraction of sp³-hybridized carbons (Fsp3) is 0.188. The number of hydrogen-bond acceptors (Lipinski definition) is 2. The third kappa shape index (κ3) is 3.61. The van der Waals surface area contributed by atoms with E-state index in [1.165, 1.54) is 0 Å². The van der Waals surface area contributed by atoms with Crippen LogP contribution in [0.5, 0.6) is 0 Å². The molecule has 2 aromatic rings. The third-order valence-corrected chi connectivity index (χ3v) is 3.56. The average molecular weight is 333 g/mol. The predicted molar refractivity (Wildman–Crippen MR) is 85.5 cm³/mol. The van der Waals surface area contributed by atoms with Crippen LogP contribution in [0.1, 0.15) is 35.3 Å². The zero-order valence-electron chi connectivity index (χ0n) is 11.3. The van der Waals surface area contributed by atoms with Crippen LogP contribution in [0.25, 0.3) is 0 Å². The van der Waals surface area contributed by atoms with Gasteiger partial charge in [-0.1, -0.05) is 53.2 Å². The second-order valence-electron chi connectivity index (χ2n) is 4.62. The monoisotopic (exact) mass is 332 g/mol. The highest BCUT2D eigenvalue weighted by molar-refractivity contribution is 9.10. The first-order valence-corrected chi connectivity index (χ1v) is 7.31. The number of carbonyl (C=O) groups is 1. The SMILES string of the molecule is CCC(NC(=O)c1cc(N)cc(Br)c1)c1ccccc1. The van der Waals surface area contributed by atoms with Crippen LogP contribution in [0.2, 0.25) is 0 Å². The van der Waals surface area contributed by atoms with Crippen molar-refractivity contribution in [3.05, 3.63) is 64.1 Å². The number of anilines is 1. The number of rotatable bonds is 4. The summed E-state index contributed by atoms with van der Waals surface area (Å²) < 4.78 is 0.801. The van der Waals surface area contributed by atoms with E-state index in [4.69, 9.17) is 5.73 Å². The normalized spacial score (nSPS) is 11.9. The van der Waals surface area contributed by atoms with Gasteiger partial charge in [-0.2, -0.15) is 0 Å². The van der Waals surface area contributed by atoms with Crippen LogP contribution in [0, 0.1) is 0 Å². The molecule has 3 nitrogen and oxygen atoms in total. The van der Waals surface area contributed by atoms with E-state index < -0.39 is 0 Å². The number of benzene rings is 2. The van der Waals surface area contributed by atoms with E-state index in [9.17, 15) is 4.79 Å². The molecule has 104 valence electrons. The number of halogens is 1. The lowest BCUT2D eigenvalue weighted by Crippen LogP contribution is -2.28. The quantitative estimate of drug-likeness (QED) is 0.834. The van der Waals surface area contributed by atoms with Gasteiger partial charge in [0.15, 0.2) is 0 Å². The minimum Gasteiger partial charge on any atom is -0.399 e. The molecule has 3 N–H and O–H groups in total. The molecule has 0 heterocycles. The maximum atomic E-state index is 12.3. The van der Waals surface area contributed by atoms with Gasteiger partial charge < -0.3 is 11.1 Å². The van der Waals surface area contributed by atoms with Gasteiger partial charge in [0.2, 0.25) is 0 Å². The van der Waals surface area contributed by atoms with Crippen LogP contribution in [-0.2, 0) is 0 Å². The largest absolute Gasteiger partial charge is 0.399 e. The van der Waals surface area contributed by atoms with E-state index >= 15 is 0 Å². The molecule has 1 unspecified atom stereocenters. The highest BCUT2D eigenvalue weighted by atomic mass is 79.9. The van der Waals surface area contributed by atoms with Gasteiger partial charge in [-0.3, -0.25) is 4.79 Å². The van der Waals surface area contributed by atoms with Gasteiger partial charge in [0.05, 0.1) is 6.04 Å². The van der Waals surface area contributed by atoms with E-state index in [1.807, 2.05) is 37.3 Å². The Labute approximate surface area is 127 Å².